The number of aliphatic hydroxyl groups excluding tert-OH is 1. The molecule has 3 aliphatic rings. The van der Waals surface area contributed by atoms with Crippen LogP contribution in [0.15, 0.2) is 52.4 Å². The Morgan fingerprint density at radius 3 is 2.57 bits per heavy atom. The molecule has 0 radical (unpaired) electrons. The van der Waals surface area contributed by atoms with Crippen molar-refractivity contribution in [1.29, 1.82) is 0 Å². The number of thiazole rings is 1. The summed E-state index contributed by atoms with van der Waals surface area (Å²) in [6.07, 6.45) is 3.87. The van der Waals surface area contributed by atoms with Gasteiger partial charge in [-0.15, -0.1) is 11.3 Å². The lowest BCUT2D eigenvalue weighted by Gasteiger charge is -2.47. The topological polar surface area (TPSA) is 74.4 Å². The van der Waals surface area contributed by atoms with E-state index in [1.54, 1.807) is 11.3 Å². The van der Waals surface area contributed by atoms with Crippen molar-refractivity contribution in [2.45, 2.75) is 31.5 Å². The SMILES string of the molecule is OCc1ccc(Cc2cc(-c3nccs3)c3oc(N4CC5CC(C4)N5)nc3c2)cc1. The van der Waals surface area contributed by atoms with Crippen LogP contribution >= 0.6 is 11.3 Å². The number of piperazine rings is 1. The van der Waals surface area contributed by atoms with Crippen molar-refractivity contribution in [2.75, 3.05) is 18.0 Å². The summed E-state index contributed by atoms with van der Waals surface area (Å²) in [4.78, 5) is 11.7. The van der Waals surface area contributed by atoms with E-state index in [0.29, 0.717) is 18.1 Å². The fourth-order valence-electron chi connectivity index (χ4n) is 4.50. The Kier molecular flexibility index (Phi) is 4.33. The predicted molar refractivity (Wildman–Crippen MR) is 118 cm³/mol. The van der Waals surface area contributed by atoms with Crippen molar-refractivity contribution in [1.82, 2.24) is 15.3 Å². The van der Waals surface area contributed by atoms with E-state index in [9.17, 15) is 5.11 Å². The second-order valence-corrected chi connectivity index (χ2v) is 9.07. The Hall–Kier alpha value is -2.74. The number of aliphatic hydroxyl groups is 1. The molecule has 2 bridgehead atoms. The second-order valence-electron chi connectivity index (χ2n) is 8.18. The molecule has 30 heavy (non-hydrogen) atoms. The number of hydrogen-bond acceptors (Lipinski definition) is 7. The minimum absolute atomic E-state index is 0.0654. The van der Waals surface area contributed by atoms with Crippen molar-refractivity contribution in [3.8, 4) is 10.6 Å². The number of aromatic nitrogens is 2. The van der Waals surface area contributed by atoms with Gasteiger partial charge in [0.05, 0.1) is 12.2 Å². The van der Waals surface area contributed by atoms with Gasteiger partial charge in [-0.25, -0.2) is 4.98 Å². The molecule has 5 heterocycles. The first-order valence-corrected chi connectivity index (χ1v) is 11.2. The maximum absolute atomic E-state index is 9.28. The number of piperidine rings is 1. The van der Waals surface area contributed by atoms with Crippen LogP contribution in [0.25, 0.3) is 21.7 Å². The molecule has 2 N–H and O–H groups in total. The average molecular weight is 419 g/mol. The van der Waals surface area contributed by atoms with E-state index in [2.05, 4.69) is 39.5 Å². The summed E-state index contributed by atoms with van der Waals surface area (Å²) in [5.41, 5.74) is 5.99. The normalized spacial score (nSPS) is 20.5. The fraction of sp³-hybridized carbons (Fsp3) is 0.304. The average Bonchev–Trinajstić information content (AvgIpc) is 3.43. The van der Waals surface area contributed by atoms with Crippen molar-refractivity contribution in [3.63, 3.8) is 0 Å². The molecule has 7 heteroatoms. The maximum Gasteiger partial charge on any atom is 0.298 e. The maximum atomic E-state index is 9.28. The number of rotatable bonds is 5. The lowest BCUT2D eigenvalue weighted by molar-refractivity contribution is 0.220. The highest BCUT2D eigenvalue weighted by Gasteiger charge is 2.38. The van der Waals surface area contributed by atoms with Crippen LogP contribution in [0.3, 0.4) is 0 Å². The van der Waals surface area contributed by atoms with Crippen LogP contribution in [-0.4, -0.2) is 40.2 Å². The van der Waals surface area contributed by atoms with Crippen molar-refractivity contribution < 1.29 is 9.52 Å². The van der Waals surface area contributed by atoms with Gasteiger partial charge in [-0.3, -0.25) is 0 Å². The predicted octanol–water partition coefficient (Wildman–Crippen LogP) is 3.58. The number of benzene rings is 2. The van der Waals surface area contributed by atoms with Crippen molar-refractivity contribution in [2.24, 2.45) is 0 Å². The van der Waals surface area contributed by atoms with Gasteiger partial charge >= 0.3 is 0 Å². The van der Waals surface area contributed by atoms with Crippen LogP contribution in [0.5, 0.6) is 0 Å². The number of oxazole rings is 1. The molecule has 2 unspecified atom stereocenters. The highest BCUT2D eigenvalue weighted by Crippen LogP contribution is 2.36. The number of fused-ring (bicyclic) bond motifs is 3. The van der Waals surface area contributed by atoms with E-state index in [1.165, 1.54) is 17.5 Å². The molecule has 6 nitrogen and oxygen atoms in total. The zero-order valence-corrected chi connectivity index (χ0v) is 17.2. The number of nitrogens with one attached hydrogen (secondary N) is 1. The Labute approximate surface area is 178 Å². The van der Waals surface area contributed by atoms with Crippen molar-refractivity contribution >= 4 is 28.5 Å². The van der Waals surface area contributed by atoms with E-state index < -0.39 is 0 Å². The third-order valence-electron chi connectivity index (χ3n) is 6.01. The van der Waals surface area contributed by atoms with Crippen LogP contribution in [0.1, 0.15) is 23.1 Å². The second kappa shape index (κ2) is 7.19. The molecule has 3 fully saturated rings. The lowest BCUT2D eigenvalue weighted by Crippen LogP contribution is -2.67. The largest absolute Gasteiger partial charge is 0.423 e. The van der Waals surface area contributed by atoms with Gasteiger partial charge in [-0.2, -0.15) is 4.98 Å². The minimum Gasteiger partial charge on any atom is -0.423 e. The van der Waals surface area contributed by atoms with Crippen LogP contribution < -0.4 is 10.2 Å². The third-order valence-corrected chi connectivity index (χ3v) is 6.81. The van der Waals surface area contributed by atoms with Gasteiger partial charge in [0, 0.05) is 36.8 Å². The smallest absolute Gasteiger partial charge is 0.298 e. The molecule has 2 aromatic carbocycles. The molecule has 3 aliphatic heterocycles. The van der Waals surface area contributed by atoms with Gasteiger partial charge in [0.15, 0.2) is 5.58 Å². The molecule has 7 rings (SSSR count). The highest BCUT2D eigenvalue weighted by atomic mass is 32.1. The first-order chi connectivity index (χ1) is 14.7. The molecule has 0 aliphatic carbocycles. The van der Waals surface area contributed by atoms with Crippen LogP contribution in [0, 0.1) is 0 Å². The summed E-state index contributed by atoms with van der Waals surface area (Å²) in [6.45, 7) is 1.95. The standard InChI is InChI=1S/C23H22N4O2S/c28-13-15-3-1-14(2-4-15)7-16-8-19(22-24-5-6-30-22)21-20(9-16)26-23(29-21)27-11-17-10-18(12-27)25-17/h1-6,8-9,17-18,25,28H,7,10-13H2. The fourth-order valence-corrected chi connectivity index (χ4v) is 5.15. The van der Waals surface area contributed by atoms with Crippen molar-refractivity contribution in [3.05, 3.63) is 64.7 Å². The Morgan fingerprint density at radius 1 is 1.10 bits per heavy atom. The molecule has 2 aromatic heterocycles. The van der Waals surface area contributed by atoms with Gasteiger partial charge in [0.1, 0.15) is 10.5 Å². The van der Waals surface area contributed by atoms with Crippen LogP contribution in [-0.2, 0) is 13.0 Å². The quantitative estimate of drug-likeness (QED) is 0.516. The van der Waals surface area contributed by atoms with E-state index >= 15 is 0 Å². The summed E-state index contributed by atoms with van der Waals surface area (Å²) in [6, 6.07) is 14.2. The van der Waals surface area contributed by atoms with E-state index in [0.717, 1.165) is 46.7 Å². The molecule has 0 spiro atoms. The Balaban J connectivity index is 1.39. The molecule has 0 saturated carbocycles. The summed E-state index contributed by atoms with van der Waals surface area (Å²) >= 11 is 1.61. The molecular weight excluding hydrogens is 396 g/mol. The van der Waals surface area contributed by atoms with Gasteiger partial charge in [0.25, 0.3) is 6.01 Å². The molecule has 2 atom stereocenters. The van der Waals surface area contributed by atoms with Gasteiger partial charge in [-0.05, 0) is 41.7 Å². The molecule has 152 valence electrons. The number of anilines is 1. The van der Waals surface area contributed by atoms with Gasteiger partial charge < -0.3 is 19.7 Å². The third kappa shape index (κ3) is 3.19. The zero-order valence-electron chi connectivity index (χ0n) is 16.4. The first kappa shape index (κ1) is 18.1. The Morgan fingerprint density at radius 2 is 1.87 bits per heavy atom. The van der Waals surface area contributed by atoms with E-state index in [-0.39, 0.29) is 6.61 Å². The summed E-state index contributed by atoms with van der Waals surface area (Å²) in [5, 5.41) is 15.8. The lowest BCUT2D eigenvalue weighted by atomic mass is 9.92. The Bertz CT molecular complexity index is 1170. The van der Waals surface area contributed by atoms with E-state index in [1.807, 2.05) is 23.7 Å². The summed E-state index contributed by atoms with van der Waals surface area (Å²) < 4.78 is 6.29. The zero-order chi connectivity index (χ0) is 20.1. The van der Waals surface area contributed by atoms with Crippen LogP contribution in [0.2, 0.25) is 0 Å². The number of hydrogen-bond donors (Lipinski definition) is 2. The number of nitrogens with zero attached hydrogens (tertiary/aromatic N) is 3. The van der Waals surface area contributed by atoms with Crippen LogP contribution in [0.4, 0.5) is 6.01 Å². The van der Waals surface area contributed by atoms with Gasteiger partial charge in [0.2, 0.25) is 0 Å². The van der Waals surface area contributed by atoms with Gasteiger partial charge in [-0.1, -0.05) is 24.3 Å². The molecular formula is C23H22N4O2S. The molecule has 3 saturated heterocycles. The first-order valence-electron chi connectivity index (χ1n) is 10.3. The highest BCUT2D eigenvalue weighted by molar-refractivity contribution is 7.13. The minimum atomic E-state index is 0.0654. The monoisotopic (exact) mass is 418 g/mol. The summed E-state index contributed by atoms with van der Waals surface area (Å²) in [7, 11) is 0. The van der Waals surface area contributed by atoms with E-state index in [4.69, 9.17) is 9.40 Å². The summed E-state index contributed by atoms with van der Waals surface area (Å²) in [5.74, 6) is 0. The molecule has 0 amide bonds. The molecule has 4 aromatic rings.